The maximum absolute atomic E-state index is 11.0. The zero-order chi connectivity index (χ0) is 10.4. The van der Waals surface area contributed by atoms with Gasteiger partial charge in [0.05, 0.1) is 11.6 Å². The monoisotopic (exact) mass is 210 g/mol. The molecule has 0 aliphatic rings. The molecule has 0 aromatic heterocycles. The van der Waals surface area contributed by atoms with Crippen LogP contribution in [-0.2, 0) is 9.53 Å². The van der Waals surface area contributed by atoms with Crippen molar-refractivity contribution in [3.05, 3.63) is 42.0 Å². The Balaban J connectivity index is 2.75. The molecule has 0 aliphatic carbocycles. The molecule has 0 heterocycles. The quantitative estimate of drug-likeness (QED) is 0.567. The lowest BCUT2D eigenvalue weighted by Gasteiger charge is -1.99. The van der Waals surface area contributed by atoms with Gasteiger partial charge in [-0.2, -0.15) is 0 Å². The third-order valence-corrected chi connectivity index (χ3v) is 1.91. The Morgan fingerprint density at radius 1 is 1.43 bits per heavy atom. The average Bonchev–Trinajstić information content (AvgIpc) is 2.19. The number of benzene rings is 1. The molecule has 0 atom stereocenters. The highest BCUT2D eigenvalue weighted by molar-refractivity contribution is 6.50. The van der Waals surface area contributed by atoms with Gasteiger partial charge in [-0.05, 0) is 12.5 Å². The number of carbonyl (C=O) groups excluding carboxylic acids is 1. The summed E-state index contributed by atoms with van der Waals surface area (Å²) in [6.07, 6.45) is 1.28. The number of hydrogen-bond acceptors (Lipinski definition) is 2. The van der Waals surface area contributed by atoms with E-state index < -0.39 is 5.97 Å². The minimum atomic E-state index is -0.415. The molecule has 0 N–H and O–H groups in total. The Labute approximate surface area is 88.1 Å². The molecule has 0 amide bonds. The van der Waals surface area contributed by atoms with Gasteiger partial charge in [-0.15, -0.1) is 0 Å². The summed E-state index contributed by atoms with van der Waals surface area (Å²) in [6.45, 7) is 2.11. The van der Waals surface area contributed by atoms with E-state index in [0.717, 1.165) is 5.56 Å². The van der Waals surface area contributed by atoms with Crippen molar-refractivity contribution in [3.63, 3.8) is 0 Å². The highest BCUT2D eigenvalue weighted by Gasteiger charge is 2.01. The second-order valence-electron chi connectivity index (χ2n) is 2.61. The molecule has 0 bridgehead atoms. The molecule has 0 saturated heterocycles. The molecule has 1 aromatic carbocycles. The summed E-state index contributed by atoms with van der Waals surface area (Å²) in [5.74, 6) is -0.415. The largest absolute Gasteiger partial charge is 0.463 e. The van der Waals surface area contributed by atoms with Gasteiger partial charge in [0.1, 0.15) is 0 Å². The summed E-state index contributed by atoms with van der Waals surface area (Å²) >= 11 is 5.90. The molecule has 0 unspecified atom stereocenters. The molecule has 74 valence electrons. The first-order valence-corrected chi connectivity index (χ1v) is 4.71. The molecular formula is C11H11ClO2. The fourth-order valence-corrected chi connectivity index (χ4v) is 1.18. The van der Waals surface area contributed by atoms with E-state index in [1.54, 1.807) is 6.92 Å². The molecule has 2 nitrogen and oxygen atoms in total. The van der Waals surface area contributed by atoms with Crippen LogP contribution in [0, 0.1) is 0 Å². The minimum absolute atomic E-state index is 0.355. The highest BCUT2D eigenvalue weighted by atomic mass is 35.5. The van der Waals surface area contributed by atoms with Crippen LogP contribution in [0.1, 0.15) is 12.5 Å². The van der Waals surface area contributed by atoms with Crippen molar-refractivity contribution in [1.82, 2.24) is 0 Å². The highest BCUT2D eigenvalue weighted by Crippen LogP contribution is 2.17. The molecule has 1 rings (SSSR count). The summed E-state index contributed by atoms with van der Waals surface area (Å²) in [7, 11) is 0. The molecule has 14 heavy (non-hydrogen) atoms. The van der Waals surface area contributed by atoms with E-state index in [9.17, 15) is 4.79 Å². The predicted molar refractivity (Wildman–Crippen MR) is 56.9 cm³/mol. The van der Waals surface area contributed by atoms with Crippen molar-refractivity contribution in [2.45, 2.75) is 6.92 Å². The maximum atomic E-state index is 11.0. The van der Waals surface area contributed by atoms with Crippen LogP contribution in [0.3, 0.4) is 0 Å². The summed E-state index contributed by atoms with van der Waals surface area (Å²) in [4.78, 5) is 11.0. The van der Waals surface area contributed by atoms with Crippen molar-refractivity contribution in [1.29, 1.82) is 0 Å². The summed E-state index contributed by atoms with van der Waals surface area (Å²) in [5.41, 5.74) is 0.808. The van der Waals surface area contributed by atoms with Gasteiger partial charge in [-0.1, -0.05) is 41.9 Å². The van der Waals surface area contributed by atoms with E-state index in [1.807, 2.05) is 30.3 Å². The lowest BCUT2D eigenvalue weighted by Crippen LogP contribution is -1.99. The van der Waals surface area contributed by atoms with Gasteiger partial charge in [-0.3, -0.25) is 0 Å². The third kappa shape index (κ3) is 3.23. The Hall–Kier alpha value is -1.28. The maximum Gasteiger partial charge on any atom is 0.332 e. The second kappa shape index (κ2) is 5.45. The van der Waals surface area contributed by atoms with Crippen LogP contribution in [0.2, 0.25) is 0 Å². The minimum Gasteiger partial charge on any atom is -0.463 e. The van der Waals surface area contributed by atoms with Crippen LogP contribution in [0.4, 0.5) is 0 Å². The van der Waals surface area contributed by atoms with E-state index in [2.05, 4.69) is 0 Å². The van der Waals surface area contributed by atoms with Crippen molar-refractivity contribution in [2.24, 2.45) is 0 Å². The molecule has 0 spiro atoms. The predicted octanol–water partition coefficient (Wildman–Crippen LogP) is 2.83. The molecule has 0 radical (unpaired) electrons. The van der Waals surface area contributed by atoms with Crippen LogP contribution >= 0.6 is 11.6 Å². The first-order chi connectivity index (χ1) is 6.74. The van der Waals surface area contributed by atoms with Crippen LogP contribution in [0.5, 0.6) is 0 Å². The smallest absolute Gasteiger partial charge is 0.332 e. The zero-order valence-electron chi connectivity index (χ0n) is 7.87. The summed E-state index contributed by atoms with van der Waals surface area (Å²) in [6, 6.07) is 9.27. The van der Waals surface area contributed by atoms with Crippen molar-refractivity contribution >= 4 is 22.6 Å². The average molecular weight is 211 g/mol. The molecule has 0 fully saturated rings. The number of esters is 1. The lowest BCUT2D eigenvalue weighted by molar-refractivity contribution is -0.137. The number of ether oxygens (including phenoxy) is 1. The number of hydrogen-bond donors (Lipinski definition) is 0. The van der Waals surface area contributed by atoms with E-state index in [-0.39, 0.29) is 0 Å². The Bertz CT molecular complexity index is 330. The Morgan fingerprint density at radius 3 is 2.64 bits per heavy atom. The van der Waals surface area contributed by atoms with Crippen molar-refractivity contribution in [3.8, 4) is 0 Å². The van der Waals surface area contributed by atoms with Crippen LogP contribution in [0.15, 0.2) is 36.4 Å². The fourth-order valence-electron chi connectivity index (χ4n) is 0.968. The molecule has 0 aliphatic heterocycles. The Kier molecular flexibility index (Phi) is 4.20. The zero-order valence-corrected chi connectivity index (χ0v) is 8.62. The van der Waals surface area contributed by atoms with Crippen LogP contribution in [0.25, 0.3) is 5.03 Å². The van der Waals surface area contributed by atoms with Gasteiger partial charge < -0.3 is 4.74 Å². The first kappa shape index (κ1) is 10.8. The van der Waals surface area contributed by atoms with E-state index >= 15 is 0 Å². The summed E-state index contributed by atoms with van der Waals surface area (Å²) < 4.78 is 4.73. The van der Waals surface area contributed by atoms with E-state index in [1.165, 1.54) is 6.08 Å². The van der Waals surface area contributed by atoms with Gasteiger partial charge in [-0.25, -0.2) is 4.79 Å². The summed E-state index contributed by atoms with van der Waals surface area (Å²) in [5, 5.41) is 0.393. The fraction of sp³-hybridized carbons (Fsp3) is 0.182. The SMILES string of the molecule is CCOC(=O)C=C(Cl)c1ccccc1. The number of carbonyl (C=O) groups is 1. The molecule has 3 heteroatoms. The van der Waals surface area contributed by atoms with Crippen molar-refractivity contribution < 1.29 is 9.53 Å². The normalized spacial score (nSPS) is 11.1. The molecule has 0 saturated carbocycles. The second-order valence-corrected chi connectivity index (χ2v) is 3.02. The van der Waals surface area contributed by atoms with E-state index in [0.29, 0.717) is 11.6 Å². The van der Waals surface area contributed by atoms with Crippen molar-refractivity contribution in [2.75, 3.05) is 6.61 Å². The van der Waals surface area contributed by atoms with Gasteiger partial charge in [0.25, 0.3) is 0 Å². The standard InChI is InChI=1S/C11H11ClO2/c1-2-14-11(13)8-10(12)9-6-4-3-5-7-9/h3-8H,2H2,1H3. The van der Waals surface area contributed by atoms with Gasteiger partial charge in [0.15, 0.2) is 0 Å². The number of halogens is 1. The number of rotatable bonds is 3. The lowest BCUT2D eigenvalue weighted by atomic mass is 10.2. The molecule has 1 aromatic rings. The van der Waals surface area contributed by atoms with Crippen LogP contribution < -0.4 is 0 Å². The van der Waals surface area contributed by atoms with Crippen LogP contribution in [-0.4, -0.2) is 12.6 Å². The van der Waals surface area contributed by atoms with Gasteiger partial charge in [0.2, 0.25) is 0 Å². The third-order valence-electron chi connectivity index (χ3n) is 1.58. The van der Waals surface area contributed by atoms with E-state index in [4.69, 9.17) is 16.3 Å². The van der Waals surface area contributed by atoms with Gasteiger partial charge in [0, 0.05) is 6.08 Å². The first-order valence-electron chi connectivity index (χ1n) is 4.33. The Morgan fingerprint density at radius 2 is 2.07 bits per heavy atom. The van der Waals surface area contributed by atoms with Gasteiger partial charge >= 0.3 is 5.97 Å². The topological polar surface area (TPSA) is 26.3 Å². The molecular weight excluding hydrogens is 200 g/mol.